The van der Waals surface area contributed by atoms with E-state index >= 15 is 0 Å². The topological polar surface area (TPSA) is 77.6 Å². The van der Waals surface area contributed by atoms with Crippen molar-refractivity contribution in [2.24, 2.45) is 0 Å². The summed E-state index contributed by atoms with van der Waals surface area (Å²) >= 11 is 0. The lowest BCUT2D eigenvalue weighted by molar-refractivity contribution is -0.141. The van der Waals surface area contributed by atoms with Gasteiger partial charge in [0.25, 0.3) is 0 Å². The van der Waals surface area contributed by atoms with Crippen LogP contribution in [0, 0.1) is 6.92 Å². The number of nitrogens with zero attached hydrogens (tertiary/aromatic N) is 5. The molecule has 0 fully saturated rings. The summed E-state index contributed by atoms with van der Waals surface area (Å²) in [7, 11) is 0. The molecule has 0 saturated heterocycles. The highest BCUT2D eigenvalue weighted by Gasteiger charge is 2.33. The number of hydrogen-bond donors (Lipinski definition) is 1. The van der Waals surface area contributed by atoms with Crippen LogP contribution in [0.3, 0.4) is 0 Å². The number of carbonyl (C=O) groups excluding carboxylic acids is 1. The first-order valence-electron chi connectivity index (χ1n) is 7.11. The maximum absolute atomic E-state index is 12.5. The van der Waals surface area contributed by atoms with Gasteiger partial charge in [-0.25, -0.2) is 0 Å². The molecule has 1 N–H and O–H groups in total. The summed E-state index contributed by atoms with van der Waals surface area (Å²) in [6, 6.07) is 0.753. The largest absolute Gasteiger partial charge is 0.435 e. The molecule has 2 aromatic heterocycles. The highest BCUT2D eigenvalue weighted by molar-refractivity contribution is 5.75. The second kappa shape index (κ2) is 5.67. The molecule has 1 amide bonds. The zero-order valence-corrected chi connectivity index (χ0v) is 12.3. The Labute approximate surface area is 129 Å². The third-order valence-corrected chi connectivity index (χ3v) is 3.73. The number of rotatable bonds is 3. The maximum atomic E-state index is 12.5. The molecular weight excluding hydrogens is 313 g/mol. The second-order valence-corrected chi connectivity index (χ2v) is 5.47. The lowest BCUT2D eigenvalue weighted by atomic mass is 10.1. The van der Waals surface area contributed by atoms with Crippen LogP contribution in [0.4, 0.5) is 13.2 Å². The van der Waals surface area contributed by atoms with Crippen LogP contribution in [-0.2, 0) is 30.5 Å². The summed E-state index contributed by atoms with van der Waals surface area (Å²) in [5.74, 6) is 1.29. The molecule has 0 unspecified atom stereocenters. The fraction of sp³-hybridized carbons (Fsp3) is 0.538. The quantitative estimate of drug-likeness (QED) is 0.909. The molecule has 124 valence electrons. The van der Waals surface area contributed by atoms with Gasteiger partial charge in [-0.15, -0.1) is 10.2 Å². The van der Waals surface area contributed by atoms with Crippen molar-refractivity contribution in [2.75, 3.05) is 0 Å². The van der Waals surface area contributed by atoms with E-state index in [1.807, 2.05) is 11.5 Å². The van der Waals surface area contributed by atoms with Crippen molar-refractivity contribution < 1.29 is 18.0 Å². The number of amides is 1. The van der Waals surface area contributed by atoms with Gasteiger partial charge < -0.3 is 9.88 Å². The minimum Gasteiger partial charge on any atom is -0.350 e. The van der Waals surface area contributed by atoms with Gasteiger partial charge in [0.05, 0.1) is 0 Å². The van der Waals surface area contributed by atoms with E-state index in [0.717, 1.165) is 35.0 Å². The van der Waals surface area contributed by atoms with E-state index < -0.39 is 11.9 Å². The lowest BCUT2D eigenvalue weighted by Crippen LogP contribution is -2.42. The normalized spacial score (nSPS) is 17.8. The predicted molar refractivity (Wildman–Crippen MR) is 72.2 cm³/mol. The first-order chi connectivity index (χ1) is 10.8. The van der Waals surface area contributed by atoms with Crippen molar-refractivity contribution in [3.8, 4) is 0 Å². The van der Waals surface area contributed by atoms with Crippen LogP contribution in [0.15, 0.2) is 12.3 Å². The molecule has 0 aromatic carbocycles. The van der Waals surface area contributed by atoms with Crippen LogP contribution in [0.2, 0.25) is 0 Å². The Morgan fingerprint density at radius 3 is 2.91 bits per heavy atom. The van der Waals surface area contributed by atoms with Gasteiger partial charge in [-0.2, -0.15) is 18.3 Å². The summed E-state index contributed by atoms with van der Waals surface area (Å²) in [6.07, 6.45) is -1.94. The van der Waals surface area contributed by atoms with Gasteiger partial charge in [-0.3, -0.25) is 9.48 Å². The van der Waals surface area contributed by atoms with Gasteiger partial charge in [-0.05, 0) is 19.4 Å². The van der Waals surface area contributed by atoms with Crippen LogP contribution in [0.25, 0.3) is 0 Å². The predicted octanol–water partition coefficient (Wildman–Crippen LogP) is 0.933. The van der Waals surface area contributed by atoms with Gasteiger partial charge in [-0.1, -0.05) is 0 Å². The molecule has 2 aromatic rings. The fourth-order valence-corrected chi connectivity index (χ4v) is 2.60. The van der Waals surface area contributed by atoms with Crippen molar-refractivity contribution in [3.63, 3.8) is 0 Å². The Hall–Kier alpha value is -2.39. The molecule has 0 aliphatic carbocycles. The zero-order chi connectivity index (χ0) is 16.6. The number of carbonyl (C=O) groups is 1. The summed E-state index contributed by atoms with van der Waals surface area (Å²) < 4.78 is 40.3. The molecule has 1 aliphatic heterocycles. The van der Waals surface area contributed by atoms with Gasteiger partial charge in [0, 0.05) is 25.2 Å². The van der Waals surface area contributed by atoms with Crippen LogP contribution >= 0.6 is 0 Å². The Bertz CT molecular complexity index is 720. The molecule has 10 heteroatoms. The molecule has 3 rings (SSSR count). The van der Waals surface area contributed by atoms with E-state index in [4.69, 9.17) is 0 Å². The minimum absolute atomic E-state index is 0.0950. The highest BCUT2D eigenvalue weighted by atomic mass is 19.4. The molecule has 0 spiro atoms. The van der Waals surface area contributed by atoms with E-state index in [1.165, 1.54) is 0 Å². The molecule has 7 nitrogen and oxygen atoms in total. The van der Waals surface area contributed by atoms with Crippen LogP contribution in [-0.4, -0.2) is 36.5 Å². The fourth-order valence-electron chi connectivity index (χ4n) is 2.60. The number of nitrogens with one attached hydrogen (secondary N) is 1. The molecule has 0 bridgehead atoms. The monoisotopic (exact) mass is 328 g/mol. The van der Waals surface area contributed by atoms with E-state index in [9.17, 15) is 18.0 Å². The van der Waals surface area contributed by atoms with Crippen molar-refractivity contribution in [2.45, 2.75) is 45.1 Å². The van der Waals surface area contributed by atoms with Gasteiger partial charge >= 0.3 is 6.18 Å². The SMILES string of the molecule is Cc1nnc2n1C[C@H](NC(=O)Cn1ccc(C(F)(F)F)n1)CC2. The molecule has 23 heavy (non-hydrogen) atoms. The number of aryl methyl sites for hydroxylation is 2. The van der Waals surface area contributed by atoms with Crippen molar-refractivity contribution in [3.05, 3.63) is 29.6 Å². The first-order valence-corrected chi connectivity index (χ1v) is 7.11. The van der Waals surface area contributed by atoms with E-state index in [-0.39, 0.29) is 18.5 Å². The molecular formula is C13H15F3N6O. The van der Waals surface area contributed by atoms with E-state index in [0.29, 0.717) is 13.0 Å². The van der Waals surface area contributed by atoms with Gasteiger partial charge in [0.2, 0.25) is 5.91 Å². The lowest BCUT2D eigenvalue weighted by Gasteiger charge is -2.24. The Morgan fingerprint density at radius 2 is 2.22 bits per heavy atom. The molecule has 1 aliphatic rings. The van der Waals surface area contributed by atoms with Crippen LogP contribution < -0.4 is 5.32 Å². The first kappa shape index (κ1) is 15.5. The number of aromatic nitrogens is 5. The number of hydrogen-bond acceptors (Lipinski definition) is 4. The molecule has 3 heterocycles. The summed E-state index contributed by atoms with van der Waals surface area (Å²) in [6.45, 7) is 2.15. The Balaban J connectivity index is 1.58. The van der Waals surface area contributed by atoms with Gasteiger partial charge in [0.1, 0.15) is 18.2 Å². The van der Waals surface area contributed by atoms with E-state index in [2.05, 4.69) is 20.6 Å². The Morgan fingerprint density at radius 1 is 1.43 bits per heavy atom. The van der Waals surface area contributed by atoms with Gasteiger partial charge in [0.15, 0.2) is 5.69 Å². The summed E-state index contributed by atoms with van der Waals surface area (Å²) in [5, 5.41) is 14.2. The number of halogens is 3. The standard InChI is InChI=1S/C13H15F3N6O/c1-8-18-19-11-3-2-9(6-22(8)11)17-12(23)7-21-5-4-10(20-21)13(14,15)16/h4-5,9H,2-3,6-7H2,1H3,(H,17,23)/t9-/m1/s1. The van der Waals surface area contributed by atoms with Crippen molar-refractivity contribution >= 4 is 5.91 Å². The molecule has 0 radical (unpaired) electrons. The minimum atomic E-state index is -4.51. The summed E-state index contributed by atoms with van der Waals surface area (Å²) in [5.41, 5.74) is -1.01. The number of fused-ring (bicyclic) bond motifs is 1. The van der Waals surface area contributed by atoms with E-state index in [1.54, 1.807) is 0 Å². The highest BCUT2D eigenvalue weighted by Crippen LogP contribution is 2.27. The van der Waals surface area contributed by atoms with Crippen LogP contribution in [0.5, 0.6) is 0 Å². The number of alkyl halides is 3. The zero-order valence-electron chi connectivity index (χ0n) is 12.3. The average molecular weight is 328 g/mol. The Kier molecular flexibility index (Phi) is 3.82. The maximum Gasteiger partial charge on any atom is 0.435 e. The smallest absolute Gasteiger partial charge is 0.350 e. The molecule has 0 saturated carbocycles. The van der Waals surface area contributed by atoms with Crippen molar-refractivity contribution in [1.82, 2.24) is 29.9 Å². The van der Waals surface area contributed by atoms with Crippen molar-refractivity contribution in [1.29, 1.82) is 0 Å². The summed E-state index contributed by atoms with van der Waals surface area (Å²) in [4.78, 5) is 12.0. The third kappa shape index (κ3) is 3.35. The third-order valence-electron chi connectivity index (χ3n) is 3.73. The second-order valence-electron chi connectivity index (χ2n) is 5.47. The molecule has 1 atom stereocenters. The average Bonchev–Trinajstić information content (AvgIpc) is 3.06. The van der Waals surface area contributed by atoms with Crippen LogP contribution in [0.1, 0.15) is 23.8 Å².